The monoisotopic (exact) mass is 682 g/mol. The van der Waals surface area contributed by atoms with Crippen molar-refractivity contribution in [2.24, 2.45) is 5.41 Å². The lowest BCUT2D eigenvalue weighted by Gasteiger charge is -2.42. The second-order valence-electron chi connectivity index (χ2n) is 13.6. The van der Waals surface area contributed by atoms with Gasteiger partial charge in [0.1, 0.15) is 16.9 Å². The first-order valence-corrected chi connectivity index (χ1v) is 17.3. The maximum absolute atomic E-state index is 12.7. The second kappa shape index (κ2) is 12.5. The largest absolute Gasteiger partial charge is 0.444 e. The molecule has 4 aromatic rings. The molecule has 0 saturated carbocycles. The number of halogens is 1. The van der Waals surface area contributed by atoms with Gasteiger partial charge >= 0.3 is 6.09 Å². The van der Waals surface area contributed by atoms with E-state index in [0.717, 1.165) is 51.0 Å². The van der Waals surface area contributed by atoms with Crippen molar-refractivity contribution in [1.29, 1.82) is 0 Å². The Hall–Kier alpha value is -3.46. The molecule has 13 nitrogen and oxygen atoms in total. The minimum absolute atomic E-state index is 0.114. The van der Waals surface area contributed by atoms with Crippen molar-refractivity contribution < 1.29 is 19.0 Å². The van der Waals surface area contributed by atoms with Crippen LogP contribution in [0.5, 0.6) is 0 Å². The second-order valence-corrected chi connectivity index (χ2v) is 15.0. The molecule has 3 aromatic heterocycles. The minimum Gasteiger partial charge on any atom is -0.444 e. The van der Waals surface area contributed by atoms with Crippen molar-refractivity contribution in [3.05, 3.63) is 40.0 Å². The summed E-state index contributed by atoms with van der Waals surface area (Å²) in [6, 6.07) is 3.47. The van der Waals surface area contributed by atoms with Gasteiger partial charge in [-0.25, -0.2) is 24.4 Å². The van der Waals surface area contributed by atoms with E-state index in [1.807, 2.05) is 38.4 Å². The van der Waals surface area contributed by atoms with E-state index in [2.05, 4.69) is 20.2 Å². The Bertz CT molecular complexity index is 1860. The van der Waals surface area contributed by atoms with Crippen LogP contribution >= 0.6 is 23.4 Å². The van der Waals surface area contributed by atoms with Crippen LogP contribution < -0.4 is 15.8 Å². The molecule has 3 saturated heterocycles. The number of anilines is 1. The Morgan fingerprint density at radius 3 is 2.74 bits per heavy atom. The summed E-state index contributed by atoms with van der Waals surface area (Å²) in [5, 5.41) is 9.34. The zero-order valence-electron chi connectivity index (χ0n) is 26.9. The minimum atomic E-state index is -0.577. The summed E-state index contributed by atoms with van der Waals surface area (Å²) < 4.78 is 19.6. The molecule has 1 unspecified atom stereocenters. The van der Waals surface area contributed by atoms with E-state index in [9.17, 15) is 9.59 Å². The summed E-state index contributed by atoms with van der Waals surface area (Å²) in [5.74, 6) is 0.755. The van der Waals surface area contributed by atoms with Gasteiger partial charge in [0, 0.05) is 30.0 Å². The first-order valence-electron chi connectivity index (χ1n) is 16.1. The Kier molecular flexibility index (Phi) is 8.56. The van der Waals surface area contributed by atoms with E-state index in [0.29, 0.717) is 50.2 Å². The van der Waals surface area contributed by atoms with Crippen molar-refractivity contribution in [2.45, 2.75) is 93.7 Å². The third kappa shape index (κ3) is 6.28. The van der Waals surface area contributed by atoms with Gasteiger partial charge in [0.25, 0.3) is 5.56 Å². The van der Waals surface area contributed by atoms with Crippen molar-refractivity contribution in [3.63, 3.8) is 0 Å². The first kappa shape index (κ1) is 32.1. The van der Waals surface area contributed by atoms with E-state index in [1.165, 1.54) is 18.1 Å². The van der Waals surface area contributed by atoms with Crippen LogP contribution in [0.2, 0.25) is 5.02 Å². The number of aromatic amines is 1. The summed E-state index contributed by atoms with van der Waals surface area (Å²) in [5.41, 5.74) is 0.724. The fourth-order valence-corrected chi connectivity index (χ4v) is 8.09. The van der Waals surface area contributed by atoms with Crippen LogP contribution in [0, 0.1) is 5.41 Å². The molecule has 2 N–H and O–H groups in total. The standard InChI is InChI=1S/C32H39ClN8O5S/c1-18-26(38-30(43)46-31(2,3)4)32(16-45-18)10-12-40(13-11-32)21-15-34-25-27(37-21)41(22-7-5-6-14-44-22)39-29(25)47-20-9-8-19-23(24(20)33)28(42)36-17-35-19/h8-9,15,17-18,22,26H,5-7,10-14,16H2,1-4H3,(H,38,43)(H,35,36,42)/t18-,22?,26+/m0/s1. The summed E-state index contributed by atoms with van der Waals surface area (Å²) in [4.78, 5) is 45.0. The normalized spacial score (nSPS) is 23.1. The number of fused-ring (bicyclic) bond motifs is 2. The van der Waals surface area contributed by atoms with Crippen LogP contribution in [-0.2, 0) is 14.2 Å². The number of carbonyl (C=O) groups is 1. The number of amides is 1. The van der Waals surface area contributed by atoms with Gasteiger partial charge in [0.05, 0.1) is 47.2 Å². The van der Waals surface area contributed by atoms with Crippen molar-refractivity contribution in [1.82, 2.24) is 35.0 Å². The summed E-state index contributed by atoms with van der Waals surface area (Å²) in [7, 11) is 0. The van der Waals surface area contributed by atoms with E-state index >= 15 is 0 Å². The summed E-state index contributed by atoms with van der Waals surface area (Å²) in [6.07, 6.45) is 6.85. The SMILES string of the molecule is C[C@@H]1OCC2(CCN(c3cnc4c(Sc5ccc6nc[nH]c(=O)c6c5Cl)nn(C5CCCCO5)c4n3)CC2)[C@@H]1NC(=O)OC(C)(C)C. The van der Waals surface area contributed by atoms with Crippen LogP contribution in [0.15, 0.2) is 39.4 Å². The smallest absolute Gasteiger partial charge is 0.407 e. The number of H-pyrrole nitrogens is 1. The first-order chi connectivity index (χ1) is 22.5. The Morgan fingerprint density at radius 1 is 1.19 bits per heavy atom. The van der Waals surface area contributed by atoms with Gasteiger partial charge in [-0.3, -0.25) is 4.79 Å². The molecule has 7 rings (SSSR count). The molecule has 3 aliphatic rings. The highest BCUT2D eigenvalue weighted by Crippen LogP contribution is 2.44. The zero-order chi connectivity index (χ0) is 32.9. The van der Waals surface area contributed by atoms with Gasteiger partial charge in [-0.05, 0) is 71.9 Å². The Balaban J connectivity index is 1.16. The number of piperidine rings is 1. The fourth-order valence-electron chi connectivity index (χ4n) is 6.82. The quantitative estimate of drug-likeness (QED) is 0.276. The number of hydrogen-bond donors (Lipinski definition) is 2. The zero-order valence-corrected chi connectivity index (χ0v) is 28.5. The predicted octanol–water partition coefficient (Wildman–Crippen LogP) is 5.47. The van der Waals surface area contributed by atoms with Gasteiger partial charge in [-0.2, -0.15) is 5.10 Å². The molecule has 1 amide bonds. The molecule has 6 heterocycles. The number of nitrogens with zero attached hydrogens (tertiary/aromatic N) is 6. The molecule has 47 heavy (non-hydrogen) atoms. The number of aromatic nitrogens is 6. The average molecular weight is 683 g/mol. The molecule has 0 bridgehead atoms. The maximum Gasteiger partial charge on any atom is 0.407 e. The van der Waals surface area contributed by atoms with Crippen LogP contribution in [0.25, 0.3) is 22.1 Å². The lowest BCUT2D eigenvalue weighted by Crippen LogP contribution is -2.55. The lowest BCUT2D eigenvalue weighted by molar-refractivity contribution is -0.0376. The third-order valence-corrected chi connectivity index (χ3v) is 10.8. The molecular weight excluding hydrogens is 644 g/mol. The highest BCUT2D eigenvalue weighted by Gasteiger charge is 2.50. The maximum atomic E-state index is 12.7. The van der Waals surface area contributed by atoms with Gasteiger partial charge < -0.3 is 29.4 Å². The number of nitrogens with one attached hydrogen (secondary N) is 2. The molecule has 1 aromatic carbocycles. The Labute approximate surface area is 281 Å². The van der Waals surface area contributed by atoms with Crippen LogP contribution in [-0.4, -0.2) is 79.9 Å². The number of hydrogen-bond acceptors (Lipinski definition) is 11. The van der Waals surface area contributed by atoms with E-state index in [4.69, 9.17) is 40.9 Å². The van der Waals surface area contributed by atoms with Gasteiger partial charge in [0.2, 0.25) is 0 Å². The van der Waals surface area contributed by atoms with Gasteiger partial charge in [-0.1, -0.05) is 23.4 Å². The molecule has 0 radical (unpaired) electrons. The lowest BCUT2D eigenvalue weighted by atomic mass is 9.73. The number of carbonyl (C=O) groups excluding carboxylic acids is 1. The van der Waals surface area contributed by atoms with Crippen molar-refractivity contribution in [2.75, 3.05) is 31.2 Å². The topological polar surface area (TPSA) is 149 Å². The van der Waals surface area contributed by atoms with Crippen LogP contribution in [0.1, 0.15) is 66.0 Å². The average Bonchev–Trinajstić information content (AvgIpc) is 3.55. The molecule has 1 spiro atoms. The third-order valence-electron chi connectivity index (χ3n) is 9.22. The van der Waals surface area contributed by atoms with Gasteiger partial charge in [-0.15, -0.1) is 0 Å². The molecule has 3 aliphatic heterocycles. The molecule has 15 heteroatoms. The highest BCUT2D eigenvalue weighted by molar-refractivity contribution is 7.99. The van der Waals surface area contributed by atoms with E-state index in [-0.39, 0.29) is 29.3 Å². The Morgan fingerprint density at radius 2 is 2.00 bits per heavy atom. The van der Waals surface area contributed by atoms with Crippen molar-refractivity contribution in [3.8, 4) is 0 Å². The number of rotatable bonds is 5. The predicted molar refractivity (Wildman–Crippen MR) is 178 cm³/mol. The van der Waals surface area contributed by atoms with Crippen molar-refractivity contribution >= 4 is 57.3 Å². The molecule has 3 fully saturated rings. The molecule has 250 valence electrons. The van der Waals surface area contributed by atoms with E-state index < -0.39 is 11.7 Å². The number of alkyl carbamates (subject to hydrolysis) is 1. The molecule has 0 aliphatic carbocycles. The number of ether oxygens (including phenoxy) is 3. The molecular formula is C32H39ClN8O5S. The van der Waals surface area contributed by atoms with Crippen LogP contribution in [0.3, 0.4) is 0 Å². The summed E-state index contributed by atoms with van der Waals surface area (Å²) >= 11 is 8.07. The number of benzene rings is 1. The summed E-state index contributed by atoms with van der Waals surface area (Å²) in [6.45, 7) is 10.3. The fraction of sp³-hybridized carbons (Fsp3) is 0.562. The van der Waals surface area contributed by atoms with E-state index in [1.54, 1.807) is 12.3 Å². The van der Waals surface area contributed by atoms with Crippen LogP contribution in [0.4, 0.5) is 10.6 Å². The molecule has 3 atom stereocenters. The highest BCUT2D eigenvalue weighted by atomic mass is 35.5. The van der Waals surface area contributed by atoms with Gasteiger partial charge in [0.15, 0.2) is 16.9 Å².